The van der Waals surface area contributed by atoms with Crippen LogP contribution in [0, 0.1) is 5.92 Å². The summed E-state index contributed by atoms with van der Waals surface area (Å²) in [5.74, 6) is 0.726. The summed E-state index contributed by atoms with van der Waals surface area (Å²) < 4.78 is 6.01. The van der Waals surface area contributed by atoms with Crippen molar-refractivity contribution in [1.29, 1.82) is 0 Å². The van der Waals surface area contributed by atoms with Crippen molar-refractivity contribution < 1.29 is 4.74 Å². The molecule has 0 aromatic carbocycles. The average molecular weight is 256 g/mol. The Kier molecular flexibility index (Phi) is 7.87. The zero-order valence-corrected chi connectivity index (χ0v) is 12.7. The number of morpholine rings is 1. The Morgan fingerprint density at radius 3 is 2.67 bits per heavy atom. The zero-order chi connectivity index (χ0) is 13.4. The van der Waals surface area contributed by atoms with E-state index in [9.17, 15) is 0 Å². The fourth-order valence-electron chi connectivity index (χ4n) is 2.70. The summed E-state index contributed by atoms with van der Waals surface area (Å²) in [6.45, 7) is 14.5. The Hall–Kier alpha value is -0.120. The summed E-state index contributed by atoms with van der Waals surface area (Å²) in [6.07, 6.45) is 4.02. The second-order valence-corrected chi connectivity index (χ2v) is 5.90. The lowest BCUT2D eigenvalue weighted by atomic mass is 9.97. The van der Waals surface area contributed by atoms with E-state index in [4.69, 9.17) is 4.74 Å². The number of nitrogens with zero attached hydrogens (tertiary/aromatic N) is 1. The molecule has 1 heterocycles. The van der Waals surface area contributed by atoms with Crippen molar-refractivity contribution in [2.45, 2.75) is 59.1 Å². The third-order valence-corrected chi connectivity index (χ3v) is 3.55. The smallest absolute Gasteiger partial charge is 0.0855 e. The molecule has 0 saturated carbocycles. The van der Waals surface area contributed by atoms with E-state index in [1.165, 1.54) is 25.8 Å². The molecule has 0 amide bonds. The monoisotopic (exact) mass is 256 g/mol. The van der Waals surface area contributed by atoms with Gasteiger partial charge in [0.15, 0.2) is 0 Å². The molecular formula is C15H32N2O. The number of rotatable bonds is 8. The Bertz CT molecular complexity index is 207. The van der Waals surface area contributed by atoms with Crippen molar-refractivity contribution in [2.24, 2.45) is 5.92 Å². The molecule has 18 heavy (non-hydrogen) atoms. The van der Waals surface area contributed by atoms with Gasteiger partial charge in [-0.25, -0.2) is 0 Å². The van der Waals surface area contributed by atoms with Gasteiger partial charge in [-0.2, -0.15) is 0 Å². The third kappa shape index (κ3) is 5.68. The molecule has 0 aromatic heterocycles. The summed E-state index contributed by atoms with van der Waals surface area (Å²) in [7, 11) is 0. The van der Waals surface area contributed by atoms with E-state index in [1.807, 2.05) is 0 Å². The molecule has 1 aliphatic heterocycles. The third-order valence-electron chi connectivity index (χ3n) is 3.55. The normalized spacial score (nSPS) is 23.5. The van der Waals surface area contributed by atoms with E-state index in [0.29, 0.717) is 12.1 Å². The van der Waals surface area contributed by atoms with Crippen LogP contribution in [0.5, 0.6) is 0 Å². The van der Waals surface area contributed by atoms with Crippen molar-refractivity contribution in [3.63, 3.8) is 0 Å². The van der Waals surface area contributed by atoms with E-state index < -0.39 is 0 Å². The van der Waals surface area contributed by atoms with Crippen LogP contribution in [0.15, 0.2) is 0 Å². The first kappa shape index (κ1) is 15.9. The summed E-state index contributed by atoms with van der Waals surface area (Å²) in [6, 6.07) is 0.518. The maximum atomic E-state index is 6.01. The summed E-state index contributed by atoms with van der Waals surface area (Å²) >= 11 is 0. The molecule has 1 fully saturated rings. The molecule has 0 radical (unpaired) electrons. The van der Waals surface area contributed by atoms with Gasteiger partial charge < -0.3 is 10.1 Å². The second kappa shape index (κ2) is 8.89. The van der Waals surface area contributed by atoms with Crippen molar-refractivity contribution in [1.82, 2.24) is 10.2 Å². The highest BCUT2D eigenvalue weighted by Gasteiger charge is 2.27. The van der Waals surface area contributed by atoms with Crippen molar-refractivity contribution in [3.8, 4) is 0 Å². The Morgan fingerprint density at radius 2 is 2.06 bits per heavy atom. The first-order chi connectivity index (χ1) is 8.67. The van der Waals surface area contributed by atoms with Crippen LogP contribution < -0.4 is 5.32 Å². The maximum absolute atomic E-state index is 6.01. The molecule has 2 atom stereocenters. The molecule has 1 N–H and O–H groups in total. The van der Waals surface area contributed by atoms with Crippen LogP contribution in [-0.4, -0.2) is 49.8 Å². The molecule has 108 valence electrons. The quantitative estimate of drug-likeness (QED) is 0.722. The predicted molar refractivity (Wildman–Crippen MR) is 78.0 cm³/mol. The number of hydrogen-bond acceptors (Lipinski definition) is 3. The van der Waals surface area contributed by atoms with Gasteiger partial charge in [0.2, 0.25) is 0 Å². The van der Waals surface area contributed by atoms with E-state index in [2.05, 4.69) is 37.9 Å². The van der Waals surface area contributed by atoms with Crippen LogP contribution in [0.25, 0.3) is 0 Å². The number of nitrogens with one attached hydrogen (secondary N) is 1. The molecule has 0 spiro atoms. The first-order valence-corrected chi connectivity index (χ1v) is 7.74. The van der Waals surface area contributed by atoms with E-state index >= 15 is 0 Å². The summed E-state index contributed by atoms with van der Waals surface area (Å²) in [5, 5.41) is 3.68. The van der Waals surface area contributed by atoms with Gasteiger partial charge >= 0.3 is 0 Å². The van der Waals surface area contributed by atoms with Crippen molar-refractivity contribution in [2.75, 3.05) is 32.8 Å². The SMILES string of the molecule is CCCNC(CC(C)C)C1CN(CCC)CCO1. The molecule has 3 heteroatoms. The average Bonchev–Trinajstić information content (AvgIpc) is 2.35. The van der Waals surface area contributed by atoms with Gasteiger partial charge in [-0.3, -0.25) is 4.90 Å². The molecule has 0 aliphatic carbocycles. The highest BCUT2D eigenvalue weighted by atomic mass is 16.5. The lowest BCUT2D eigenvalue weighted by Crippen LogP contribution is -2.52. The van der Waals surface area contributed by atoms with Crippen LogP contribution in [0.1, 0.15) is 47.0 Å². The van der Waals surface area contributed by atoms with Gasteiger partial charge in [-0.1, -0.05) is 27.7 Å². The highest BCUT2D eigenvalue weighted by molar-refractivity contribution is 4.83. The van der Waals surface area contributed by atoms with E-state index in [0.717, 1.165) is 32.2 Å². The lowest BCUT2D eigenvalue weighted by Gasteiger charge is -2.38. The predicted octanol–water partition coefficient (Wildman–Crippen LogP) is 2.51. The minimum absolute atomic E-state index is 0.374. The summed E-state index contributed by atoms with van der Waals surface area (Å²) in [4.78, 5) is 2.55. The first-order valence-electron chi connectivity index (χ1n) is 7.74. The maximum Gasteiger partial charge on any atom is 0.0855 e. The van der Waals surface area contributed by atoms with Crippen LogP contribution in [0.3, 0.4) is 0 Å². The van der Waals surface area contributed by atoms with Gasteiger partial charge in [0.25, 0.3) is 0 Å². The van der Waals surface area contributed by atoms with Crippen LogP contribution in [-0.2, 0) is 4.74 Å². The van der Waals surface area contributed by atoms with E-state index in [-0.39, 0.29) is 0 Å². The topological polar surface area (TPSA) is 24.5 Å². The van der Waals surface area contributed by atoms with Crippen LogP contribution in [0.4, 0.5) is 0 Å². The number of ether oxygens (including phenoxy) is 1. The largest absolute Gasteiger partial charge is 0.374 e. The highest BCUT2D eigenvalue weighted by Crippen LogP contribution is 2.15. The molecule has 1 rings (SSSR count). The minimum atomic E-state index is 0.374. The summed E-state index contributed by atoms with van der Waals surface area (Å²) in [5.41, 5.74) is 0. The van der Waals surface area contributed by atoms with Gasteiger partial charge in [0.1, 0.15) is 0 Å². The Labute approximate surface area is 113 Å². The minimum Gasteiger partial charge on any atom is -0.374 e. The van der Waals surface area contributed by atoms with Crippen molar-refractivity contribution >= 4 is 0 Å². The fraction of sp³-hybridized carbons (Fsp3) is 1.00. The lowest BCUT2D eigenvalue weighted by molar-refractivity contribution is -0.0493. The molecule has 1 saturated heterocycles. The van der Waals surface area contributed by atoms with Crippen LogP contribution >= 0.6 is 0 Å². The van der Waals surface area contributed by atoms with Gasteiger partial charge in [-0.15, -0.1) is 0 Å². The van der Waals surface area contributed by atoms with Crippen molar-refractivity contribution in [3.05, 3.63) is 0 Å². The number of hydrogen-bond donors (Lipinski definition) is 1. The second-order valence-electron chi connectivity index (χ2n) is 5.90. The standard InChI is InChI=1S/C15H32N2O/c1-5-7-16-14(11-13(3)4)15-12-17(8-6-2)9-10-18-15/h13-16H,5-12H2,1-4H3. The zero-order valence-electron chi connectivity index (χ0n) is 12.7. The molecule has 0 bridgehead atoms. The molecule has 3 nitrogen and oxygen atoms in total. The molecular weight excluding hydrogens is 224 g/mol. The molecule has 1 aliphatic rings. The Balaban J connectivity index is 2.48. The van der Waals surface area contributed by atoms with Gasteiger partial charge in [0.05, 0.1) is 12.7 Å². The fourth-order valence-corrected chi connectivity index (χ4v) is 2.70. The Morgan fingerprint density at radius 1 is 1.28 bits per heavy atom. The molecule has 0 aromatic rings. The van der Waals surface area contributed by atoms with Gasteiger partial charge in [0, 0.05) is 19.1 Å². The van der Waals surface area contributed by atoms with E-state index in [1.54, 1.807) is 0 Å². The van der Waals surface area contributed by atoms with Gasteiger partial charge in [-0.05, 0) is 38.3 Å². The van der Waals surface area contributed by atoms with Crippen LogP contribution in [0.2, 0.25) is 0 Å². The molecule has 2 unspecified atom stereocenters.